The van der Waals surface area contributed by atoms with Crippen molar-refractivity contribution in [3.63, 3.8) is 0 Å². The van der Waals surface area contributed by atoms with Gasteiger partial charge in [0.25, 0.3) is 0 Å². The number of hydrogen-bond acceptors (Lipinski definition) is 2. The van der Waals surface area contributed by atoms with Gasteiger partial charge in [-0.1, -0.05) is 89.5 Å². The molecule has 0 aliphatic rings. The second-order valence-corrected chi connectivity index (χ2v) is 11.1. The predicted molar refractivity (Wildman–Crippen MR) is 119 cm³/mol. The second kappa shape index (κ2) is 19.6. The van der Waals surface area contributed by atoms with E-state index in [1.807, 2.05) is 6.08 Å². The van der Waals surface area contributed by atoms with Crippen LogP contribution in [0.4, 0.5) is 0 Å². The molecule has 2 nitrogen and oxygen atoms in total. The van der Waals surface area contributed by atoms with Crippen LogP contribution in [0.3, 0.4) is 0 Å². The Labute approximate surface area is 166 Å². The summed E-state index contributed by atoms with van der Waals surface area (Å²) in [5.41, 5.74) is 0. The van der Waals surface area contributed by atoms with E-state index in [0.29, 0.717) is 0 Å². The molecule has 0 saturated carbocycles. The van der Waals surface area contributed by atoms with E-state index in [1.165, 1.54) is 96.3 Å². The van der Waals surface area contributed by atoms with Crippen LogP contribution < -0.4 is 0 Å². The molecule has 26 heavy (non-hydrogen) atoms. The third-order valence-corrected chi connectivity index (χ3v) is 8.25. The summed E-state index contributed by atoms with van der Waals surface area (Å²) in [6, 6.07) is 1.16. The molecule has 0 aromatic heterocycles. The summed E-state index contributed by atoms with van der Waals surface area (Å²) >= 11 is 0. The largest absolute Gasteiger partial charge is 0.395 e. The number of allylic oxidation sites excluding steroid dienone is 1. The predicted octanol–water partition coefficient (Wildman–Crippen LogP) is 8.17. The van der Waals surface area contributed by atoms with Gasteiger partial charge >= 0.3 is 8.56 Å². The molecular formula is C23H48O2Si. The molecule has 0 N–H and O–H groups in total. The molecule has 3 heteroatoms. The Morgan fingerprint density at radius 2 is 0.962 bits per heavy atom. The van der Waals surface area contributed by atoms with E-state index < -0.39 is 8.56 Å². The van der Waals surface area contributed by atoms with Gasteiger partial charge in [0, 0.05) is 13.2 Å². The molecule has 0 bridgehead atoms. The Kier molecular flexibility index (Phi) is 19.5. The van der Waals surface area contributed by atoms with Crippen LogP contribution in [0.15, 0.2) is 12.7 Å². The van der Waals surface area contributed by atoms with Crippen molar-refractivity contribution >= 4 is 8.56 Å². The summed E-state index contributed by atoms with van der Waals surface area (Å²) in [4.78, 5) is 0. The topological polar surface area (TPSA) is 18.5 Å². The fraction of sp³-hybridized carbons (Fsp3) is 0.913. The third-order valence-electron chi connectivity index (χ3n) is 5.19. The minimum atomic E-state index is -1.86. The van der Waals surface area contributed by atoms with E-state index >= 15 is 0 Å². The number of hydrogen-bond donors (Lipinski definition) is 0. The van der Waals surface area contributed by atoms with E-state index in [4.69, 9.17) is 8.85 Å². The molecule has 0 amide bonds. The van der Waals surface area contributed by atoms with Gasteiger partial charge in [-0.2, -0.15) is 0 Å². The van der Waals surface area contributed by atoms with Gasteiger partial charge in [-0.15, -0.1) is 6.58 Å². The van der Waals surface area contributed by atoms with E-state index in [1.54, 1.807) is 0 Å². The van der Waals surface area contributed by atoms with E-state index in [2.05, 4.69) is 27.0 Å². The molecule has 0 rings (SSSR count). The molecule has 0 atom stereocenters. The molecule has 0 aromatic carbocycles. The molecule has 0 radical (unpaired) electrons. The quantitative estimate of drug-likeness (QED) is 0.113. The first kappa shape index (κ1) is 25.9. The van der Waals surface area contributed by atoms with Crippen molar-refractivity contribution < 1.29 is 8.85 Å². The Balaban J connectivity index is 3.27. The van der Waals surface area contributed by atoms with E-state index in [0.717, 1.165) is 19.3 Å². The van der Waals surface area contributed by atoms with Crippen molar-refractivity contribution in [1.82, 2.24) is 0 Å². The first-order valence-electron chi connectivity index (χ1n) is 11.6. The third kappa shape index (κ3) is 17.3. The fourth-order valence-corrected chi connectivity index (χ4v) is 6.14. The highest BCUT2D eigenvalue weighted by Gasteiger charge is 2.29. The minimum absolute atomic E-state index is 0.790. The molecule has 0 spiro atoms. The van der Waals surface area contributed by atoms with Gasteiger partial charge < -0.3 is 8.85 Å². The lowest BCUT2D eigenvalue weighted by Crippen LogP contribution is -2.38. The molecule has 0 aliphatic carbocycles. The van der Waals surface area contributed by atoms with Crippen LogP contribution in [0.2, 0.25) is 12.6 Å². The van der Waals surface area contributed by atoms with Crippen LogP contribution >= 0.6 is 0 Å². The van der Waals surface area contributed by atoms with Crippen molar-refractivity contribution in [1.29, 1.82) is 0 Å². The lowest BCUT2D eigenvalue weighted by atomic mass is 10.0. The lowest BCUT2D eigenvalue weighted by Gasteiger charge is -2.25. The van der Waals surface area contributed by atoms with Crippen molar-refractivity contribution in [2.75, 3.05) is 13.2 Å². The molecule has 156 valence electrons. The van der Waals surface area contributed by atoms with E-state index in [-0.39, 0.29) is 0 Å². The van der Waals surface area contributed by atoms with Crippen molar-refractivity contribution in [2.24, 2.45) is 0 Å². The van der Waals surface area contributed by atoms with Crippen molar-refractivity contribution in [3.05, 3.63) is 12.7 Å². The van der Waals surface area contributed by atoms with Gasteiger partial charge in [0.15, 0.2) is 0 Å². The highest BCUT2D eigenvalue weighted by Crippen LogP contribution is 2.19. The summed E-state index contributed by atoms with van der Waals surface area (Å²) in [5.74, 6) is 0. The second-order valence-electron chi connectivity index (χ2n) is 7.78. The van der Waals surface area contributed by atoms with Crippen LogP contribution in [0.1, 0.15) is 110 Å². The zero-order valence-electron chi connectivity index (χ0n) is 18.3. The first-order valence-corrected chi connectivity index (χ1v) is 14.1. The zero-order chi connectivity index (χ0) is 19.3. The Morgan fingerprint density at radius 3 is 1.31 bits per heavy atom. The molecule has 0 heterocycles. The SMILES string of the molecule is C=CCCCCCCCCCCCCCCCC[Si](C)(OCC)OCC. The van der Waals surface area contributed by atoms with E-state index in [9.17, 15) is 0 Å². The Hall–Kier alpha value is -0.123. The molecule has 0 saturated heterocycles. The van der Waals surface area contributed by atoms with Gasteiger partial charge in [0.2, 0.25) is 0 Å². The van der Waals surface area contributed by atoms with Crippen LogP contribution in [0.5, 0.6) is 0 Å². The van der Waals surface area contributed by atoms with Crippen molar-refractivity contribution in [3.8, 4) is 0 Å². The molecular weight excluding hydrogens is 336 g/mol. The average molecular weight is 385 g/mol. The van der Waals surface area contributed by atoms with Gasteiger partial charge in [-0.05, 0) is 39.3 Å². The van der Waals surface area contributed by atoms with Gasteiger partial charge in [-0.3, -0.25) is 0 Å². The van der Waals surface area contributed by atoms with Crippen LogP contribution in [-0.4, -0.2) is 21.8 Å². The lowest BCUT2D eigenvalue weighted by molar-refractivity contribution is 0.188. The maximum atomic E-state index is 5.91. The highest BCUT2D eigenvalue weighted by atomic mass is 28.4. The normalized spacial score (nSPS) is 11.8. The van der Waals surface area contributed by atoms with Crippen LogP contribution in [0.25, 0.3) is 0 Å². The fourth-order valence-electron chi connectivity index (χ4n) is 3.65. The summed E-state index contributed by atoms with van der Waals surface area (Å²) in [7, 11) is -1.86. The molecule has 0 fully saturated rings. The maximum absolute atomic E-state index is 5.91. The summed E-state index contributed by atoms with van der Waals surface area (Å²) in [5, 5.41) is 0. The standard InChI is InChI=1S/C23H48O2Si/c1-5-8-9-10-11-12-13-14-15-16-17-18-19-20-21-22-23-26(4,24-6-2)25-7-3/h5H,1,6-23H2,2-4H3. The summed E-state index contributed by atoms with van der Waals surface area (Å²) in [6.45, 7) is 11.7. The van der Waals surface area contributed by atoms with Gasteiger partial charge in [0.05, 0.1) is 0 Å². The first-order chi connectivity index (χ1) is 12.7. The van der Waals surface area contributed by atoms with Gasteiger partial charge in [0.1, 0.15) is 0 Å². The minimum Gasteiger partial charge on any atom is -0.395 e. The summed E-state index contributed by atoms with van der Waals surface area (Å²) in [6.07, 6.45) is 22.8. The highest BCUT2D eigenvalue weighted by molar-refractivity contribution is 6.66. The van der Waals surface area contributed by atoms with Crippen LogP contribution in [-0.2, 0) is 8.85 Å². The molecule has 0 aromatic rings. The van der Waals surface area contributed by atoms with Crippen LogP contribution in [0, 0.1) is 0 Å². The number of unbranched alkanes of at least 4 members (excludes halogenated alkanes) is 14. The summed E-state index contributed by atoms with van der Waals surface area (Å²) < 4.78 is 11.8. The Bertz CT molecular complexity index is 288. The van der Waals surface area contributed by atoms with Crippen molar-refractivity contribution in [2.45, 2.75) is 123 Å². The van der Waals surface area contributed by atoms with Gasteiger partial charge in [-0.25, -0.2) is 0 Å². The smallest absolute Gasteiger partial charge is 0.334 e. The molecule has 0 unspecified atom stereocenters. The Morgan fingerprint density at radius 1 is 0.615 bits per heavy atom. The molecule has 0 aliphatic heterocycles. The average Bonchev–Trinajstić information content (AvgIpc) is 2.62. The number of rotatable bonds is 21. The monoisotopic (exact) mass is 384 g/mol. The zero-order valence-corrected chi connectivity index (χ0v) is 19.3. The maximum Gasteiger partial charge on any atom is 0.334 e.